The molecule has 1 atom stereocenters. The van der Waals surface area contributed by atoms with E-state index in [1.807, 2.05) is 0 Å². The van der Waals surface area contributed by atoms with Crippen molar-refractivity contribution in [3.8, 4) is 6.07 Å². The lowest BCUT2D eigenvalue weighted by molar-refractivity contribution is -0.384. The minimum Gasteiger partial charge on any atom is -0.309 e. The van der Waals surface area contributed by atoms with Gasteiger partial charge in [0.15, 0.2) is 5.78 Å². The number of alkyl halides is 3. The first-order valence-corrected chi connectivity index (χ1v) is 11.3. The van der Waals surface area contributed by atoms with Crippen molar-refractivity contribution >= 4 is 23.0 Å². The summed E-state index contributed by atoms with van der Waals surface area (Å²) < 4.78 is 41.9. The van der Waals surface area contributed by atoms with E-state index in [-0.39, 0.29) is 29.3 Å². The van der Waals surface area contributed by atoms with E-state index in [1.165, 1.54) is 4.90 Å². The zero-order valence-electron chi connectivity index (χ0n) is 19.1. The molecule has 1 aliphatic heterocycles. The van der Waals surface area contributed by atoms with Crippen molar-refractivity contribution in [2.75, 3.05) is 4.90 Å². The molecule has 11 heteroatoms. The second kappa shape index (κ2) is 9.05. The first-order valence-electron chi connectivity index (χ1n) is 11.3. The molecule has 0 radical (unpaired) electrons. The molecule has 0 saturated heterocycles. The Morgan fingerprint density at radius 1 is 1.14 bits per heavy atom. The lowest BCUT2D eigenvalue weighted by Gasteiger charge is -2.40. The number of aromatic nitrogens is 2. The van der Waals surface area contributed by atoms with Gasteiger partial charge in [0.05, 0.1) is 28.0 Å². The Morgan fingerprint density at radius 3 is 2.51 bits per heavy atom. The van der Waals surface area contributed by atoms with Gasteiger partial charge in [-0.2, -0.15) is 18.4 Å². The van der Waals surface area contributed by atoms with Gasteiger partial charge in [-0.05, 0) is 48.7 Å². The second-order valence-corrected chi connectivity index (χ2v) is 8.59. The summed E-state index contributed by atoms with van der Waals surface area (Å²) in [5, 5.41) is 22.4. The Balaban J connectivity index is 1.87. The Morgan fingerprint density at radius 2 is 1.89 bits per heavy atom. The Kier molecular flexibility index (Phi) is 5.87. The average molecular weight is 505 g/mol. The Labute approximate surface area is 208 Å². The van der Waals surface area contributed by atoms with Crippen LogP contribution in [0.1, 0.15) is 36.3 Å². The predicted molar refractivity (Wildman–Crippen MR) is 127 cm³/mol. The summed E-state index contributed by atoms with van der Waals surface area (Å²) in [6.07, 6.45) is 2.58. The van der Waals surface area contributed by atoms with E-state index in [1.54, 1.807) is 53.6 Å². The summed E-state index contributed by atoms with van der Waals surface area (Å²) in [7, 11) is 0. The summed E-state index contributed by atoms with van der Waals surface area (Å²) in [5.41, 5.74) is -0.714. The van der Waals surface area contributed by atoms with Gasteiger partial charge < -0.3 is 4.57 Å². The molecule has 3 heterocycles. The van der Waals surface area contributed by atoms with E-state index >= 15 is 0 Å². The number of Topliss-reactive ketones (excluding diaryl/α,β-unsaturated/α-hetero) is 1. The minimum atomic E-state index is -4.79. The van der Waals surface area contributed by atoms with Crippen molar-refractivity contribution < 1.29 is 22.9 Å². The van der Waals surface area contributed by atoms with Crippen LogP contribution in [0.4, 0.5) is 24.5 Å². The fourth-order valence-corrected chi connectivity index (χ4v) is 4.95. The molecule has 0 bridgehead atoms. The highest BCUT2D eigenvalue weighted by Crippen LogP contribution is 2.50. The minimum absolute atomic E-state index is 0.118. The van der Waals surface area contributed by atoms with E-state index in [0.717, 1.165) is 12.1 Å². The normalized spacial score (nSPS) is 18.1. The molecule has 1 aliphatic carbocycles. The molecule has 0 fully saturated rings. The third-order valence-electron chi connectivity index (χ3n) is 6.46. The van der Waals surface area contributed by atoms with Gasteiger partial charge in [-0.1, -0.05) is 6.07 Å². The number of halogens is 3. The molecule has 0 spiro atoms. The van der Waals surface area contributed by atoms with Gasteiger partial charge in [0.25, 0.3) is 5.69 Å². The van der Waals surface area contributed by atoms with Gasteiger partial charge in [-0.25, -0.2) is 0 Å². The number of nitro groups is 1. The summed E-state index contributed by atoms with van der Waals surface area (Å²) in [4.78, 5) is 30.0. The van der Waals surface area contributed by atoms with Crippen molar-refractivity contribution in [2.24, 2.45) is 0 Å². The standard InChI is InChI=1S/C26H18F3N5O3/c27-26(28,29)17-8-9-19(21(13-17)34(36)37)33-20-6-3-7-22(35)24(20)23(16-5-4-10-31-15-16)18(14-30)25(33)32-11-1-2-12-32/h1-2,4-5,8-13,15,23H,3,6-7H2. The molecule has 2 aliphatic rings. The lowest BCUT2D eigenvalue weighted by Crippen LogP contribution is -2.37. The number of nitriles is 1. The topological polar surface area (TPSA) is 105 Å². The van der Waals surface area contributed by atoms with Gasteiger partial charge in [0.2, 0.25) is 0 Å². The quantitative estimate of drug-likeness (QED) is 0.327. The fourth-order valence-electron chi connectivity index (χ4n) is 4.95. The van der Waals surface area contributed by atoms with Crippen LogP contribution in [-0.2, 0) is 11.0 Å². The van der Waals surface area contributed by atoms with Crippen molar-refractivity contribution in [3.63, 3.8) is 0 Å². The number of hydrogen-bond acceptors (Lipinski definition) is 6. The van der Waals surface area contributed by atoms with E-state index in [9.17, 15) is 33.3 Å². The third-order valence-corrected chi connectivity index (χ3v) is 6.46. The molecule has 8 nitrogen and oxygen atoms in total. The Hall–Kier alpha value is -4.72. The number of carbonyl (C=O) groups excluding carboxylic acids is 1. The maximum atomic E-state index is 13.4. The molecule has 0 N–H and O–H groups in total. The largest absolute Gasteiger partial charge is 0.416 e. The number of nitro benzene ring substituents is 1. The number of benzene rings is 1. The number of pyridine rings is 1. The zero-order valence-corrected chi connectivity index (χ0v) is 19.1. The van der Waals surface area contributed by atoms with Crippen molar-refractivity contribution in [1.29, 1.82) is 5.26 Å². The molecule has 0 amide bonds. The molecule has 5 rings (SSSR count). The van der Waals surface area contributed by atoms with Gasteiger partial charge >= 0.3 is 6.18 Å². The number of anilines is 1. The van der Waals surface area contributed by atoms with Crippen LogP contribution >= 0.6 is 0 Å². The number of carbonyl (C=O) groups is 1. The predicted octanol–water partition coefficient (Wildman–Crippen LogP) is 5.81. The van der Waals surface area contributed by atoms with E-state index in [0.29, 0.717) is 35.7 Å². The third kappa shape index (κ3) is 4.06. The summed E-state index contributed by atoms with van der Waals surface area (Å²) in [6.45, 7) is 0. The molecule has 2 aromatic heterocycles. The van der Waals surface area contributed by atoms with Gasteiger partial charge in [0.1, 0.15) is 11.5 Å². The first-order chi connectivity index (χ1) is 17.7. The summed E-state index contributed by atoms with van der Waals surface area (Å²) >= 11 is 0. The van der Waals surface area contributed by atoms with Crippen molar-refractivity contribution in [1.82, 2.24) is 9.55 Å². The van der Waals surface area contributed by atoms with E-state index in [4.69, 9.17) is 0 Å². The van der Waals surface area contributed by atoms with Crippen LogP contribution in [0, 0.1) is 21.4 Å². The Bertz CT molecular complexity index is 1500. The van der Waals surface area contributed by atoms with Gasteiger partial charge in [-0.15, -0.1) is 0 Å². The number of allylic oxidation sites excluding steroid dienone is 3. The average Bonchev–Trinajstić information content (AvgIpc) is 3.42. The van der Waals surface area contributed by atoms with E-state index < -0.39 is 28.3 Å². The number of nitrogens with zero attached hydrogens (tertiary/aromatic N) is 5. The van der Waals surface area contributed by atoms with Crippen LogP contribution in [0.3, 0.4) is 0 Å². The van der Waals surface area contributed by atoms with Crippen LogP contribution in [-0.4, -0.2) is 20.3 Å². The summed E-state index contributed by atoms with van der Waals surface area (Å²) in [5.74, 6) is -0.810. The molecular formula is C26H18F3N5O3. The first kappa shape index (κ1) is 24.0. The smallest absolute Gasteiger partial charge is 0.309 e. The molecule has 1 unspecified atom stereocenters. The molecule has 3 aromatic rings. The van der Waals surface area contributed by atoms with E-state index in [2.05, 4.69) is 11.1 Å². The van der Waals surface area contributed by atoms with Crippen LogP contribution < -0.4 is 4.90 Å². The van der Waals surface area contributed by atoms with Crippen LogP contribution in [0.2, 0.25) is 0 Å². The van der Waals surface area contributed by atoms with Crippen LogP contribution in [0.15, 0.2) is 84.1 Å². The number of rotatable bonds is 4. The fraction of sp³-hybridized carbons (Fsp3) is 0.192. The molecular weight excluding hydrogens is 487 g/mol. The maximum Gasteiger partial charge on any atom is 0.416 e. The van der Waals surface area contributed by atoms with Gasteiger partial charge in [0, 0.05) is 48.5 Å². The molecule has 1 aromatic carbocycles. The molecule has 37 heavy (non-hydrogen) atoms. The summed E-state index contributed by atoms with van der Waals surface area (Å²) in [6, 6.07) is 11.2. The monoisotopic (exact) mass is 505 g/mol. The molecule has 186 valence electrons. The number of hydrogen-bond donors (Lipinski definition) is 0. The second-order valence-electron chi connectivity index (χ2n) is 8.59. The number of ketones is 1. The SMILES string of the molecule is N#CC1=C(n2cccc2)N(c2ccc(C(F)(F)F)cc2[N+](=O)[O-])C2=C(C(=O)CCC2)C1c1cccnc1. The van der Waals surface area contributed by atoms with Gasteiger partial charge in [-0.3, -0.25) is 24.8 Å². The maximum absolute atomic E-state index is 13.4. The highest BCUT2D eigenvalue weighted by Gasteiger charge is 2.44. The highest BCUT2D eigenvalue weighted by molar-refractivity contribution is 6.03. The van der Waals surface area contributed by atoms with Crippen molar-refractivity contribution in [3.05, 3.63) is 105 Å². The lowest BCUT2D eigenvalue weighted by atomic mass is 9.76. The van der Waals surface area contributed by atoms with Crippen LogP contribution in [0.5, 0.6) is 0 Å². The highest BCUT2D eigenvalue weighted by atomic mass is 19.4. The molecule has 0 saturated carbocycles. The zero-order chi connectivity index (χ0) is 26.3. The van der Waals surface area contributed by atoms with Crippen LogP contribution in [0.25, 0.3) is 5.82 Å². The van der Waals surface area contributed by atoms with Crippen molar-refractivity contribution in [2.45, 2.75) is 31.4 Å².